The number of amides is 2. The van der Waals surface area contributed by atoms with Gasteiger partial charge < -0.3 is 14.9 Å². The average molecular weight is 397 g/mol. The lowest BCUT2D eigenvalue weighted by molar-refractivity contribution is -0.146. The van der Waals surface area contributed by atoms with Gasteiger partial charge in [0.25, 0.3) is 0 Å². The summed E-state index contributed by atoms with van der Waals surface area (Å²) in [6.07, 6.45) is 1.16. The maximum absolute atomic E-state index is 12.3. The Balaban J connectivity index is 1.84. The molecule has 0 saturated carbocycles. The zero-order valence-corrected chi connectivity index (χ0v) is 15.2. The molecule has 1 aliphatic rings. The first-order chi connectivity index (χ1) is 11.4. The van der Waals surface area contributed by atoms with Crippen molar-refractivity contribution in [3.63, 3.8) is 0 Å². The van der Waals surface area contributed by atoms with E-state index in [0.29, 0.717) is 25.9 Å². The van der Waals surface area contributed by atoms with Gasteiger partial charge in [0.15, 0.2) is 0 Å². The maximum atomic E-state index is 12.3. The second-order valence-electron chi connectivity index (χ2n) is 6.01. The molecule has 6 nitrogen and oxygen atoms in total. The average Bonchev–Trinajstić information content (AvgIpc) is 2.56. The molecule has 7 heteroatoms. The first-order valence-corrected chi connectivity index (χ1v) is 8.65. The number of carboxylic acid groups (broad SMARTS) is 1. The highest BCUT2D eigenvalue weighted by Crippen LogP contribution is 2.18. The number of carbonyl (C=O) groups excluding carboxylic acids is 2. The summed E-state index contributed by atoms with van der Waals surface area (Å²) >= 11 is 3.41. The van der Waals surface area contributed by atoms with Crippen molar-refractivity contribution in [2.24, 2.45) is 5.92 Å². The Bertz CT molecular complexity index is 627. The molecule has 0 atom stereocenters. The fraction of sp³-hybridized carbons (Fsp3) is 0.471. The molecule has 0 aliphatic carbocycles. The van der Waals surface area contributed by atoms with Crippen LogP contribution in [0.3, 0.4) is 0 Å². The Hall–Kier alpha value is -1.89. The summed E-state index contributed by atoms with van der Waals surface area (Å²) in [7, 11) is 1.61. The summed E-state index contributed by atoms with van der Waals surface area (Å²) in [4.78, 5) is 38.6. The minimum Gasteiger partial charge on any atom is -0.481 e. The highest BCUT2D eigenvalue weighted by molar-refractivity contribution is 9.10. The van der Waals surface area contributed by atoms with E-state index < -0.39 is 5.97 Å². The molecule has 0 bridgehead atoms. The van der Waals surface area contributed by atoms with Crippen molar-refractivity contribution in [2.45, 2.75) is 19.3 Å². The number of carbonyl (C=O) groups is 3. The standard InChI is InChI=1S/C17H21BrN2O4/c1-19(15(21)10-13-4-2-3-5-14(13)18)11-16(22)20-8-6-12(7-9-20)17(23)24/h2-5,12H,6-11H2,1H3,(H,23,24). The summed E-state index contributed by atoms with van der Waals surface area (Å²) < 4.78 is 0.869. The maximum Gasteiger partial charge on any atom is 0.306 e. The number of halogens is 1. The quantitative estimate of drug-likeness (QED) is 0.822. The molecule has 1 aromatic rings. The molecule has 0 unspecified atom stereocenters. The Morgan fingerprint density at radius 3 is 2.46 bits per heavy atom. The van der Waals surface area contributed by atoms with E-state index >= 15 is 0 Å². The molecular formula is C17H21BrN2O4. The van der Waals surface area contributed by atoms with Crippen LogP contribution in [0.15, 0.2) is 28.7 Å². The van der Waals surface area contributed by atoms with Gasteiger partial charge in [0.1, 0.15) is 0 Å². The summed E-state index contributed by atoms with van der Waals surface area (Å²) in [5.74, 6) is -1.44. The molecule has 130 valence electrons. The zero-order chi connectivity index (χ0) is 17.7. The first-order valence-electron chi connectivity index (χ1n) is 7.86. The lowest BCUT2D eigenvalue weighted by atomic mass is 9.97. The summed E-state index contributed by atoms with van der Waals surface area (Å²) in [5, 5.41) is 8.98. The number of hydrogen-bond acceptors (Lipinski definition) is 3. The molecule has 1 aromatic carbocycles. The minimum absolute atomic E-state index is 0.0149. The molecule has 1 N–H and O–H groups in total. The van der Waals surface area contributed by atoms with Crippen molar-refractivity contribution in [1.82, 2.24) is 9.80 Å². The van der Waals surface area contributed by atoms with Crippen LogP contribution in [0.25, 0.3) is 0 Å². The number of aliphatic carboxylic acids is 1. The molecule has 0 spiro atoms. The number of benzene rings is 1. The second kappa shape index (κ2) is 8.28. The zero-order valence-electron chi connectivity index (χ0n) is 13.6. The SMILES string of the molecule is CN(CC(=O)N1CCC(C(=O)O)CC1)C(=O)Cc1ccccc1Br. The second-order valence-corrected chi connectivity index (χ2v) is 6.87. The Labute approximate surface area is 149 Å². The first kappa shape index (κ1) is 18.4. The fourth-order valence-electron chi connectivity index (χ4n) is 2.71. The predicted molar refractivity (Wildman–Crippen MR) is 92.4 cm³/mol. The fourth-order valence-corrected chi connectivity index (χ4v) is 3.13. The van der Waals surface area contributed by atoms with E-state index in [-0.39, 0.29) is 30.7 Å². The normalized spacial score (nSPS) is 15.2. The van der Waals surface area contributed by atoms with Crippen molar-refractivity contribution in [3.8, 4) is 0 Å². The number of piperidine rings is 1. The van der Waals surface area contributed by atoms with Crippen molar-refractivity contribution in [1.29, 1.82) is 0 Å². The van der Waals surface area contributed by atoms with E-state index in [1.165, 1.54) is 4.90 Å². The number of rotatable bonds is 5. The van der Waals surface area contributed by atoms with Gasteiger partial charge in [0.05, 0.1) is 18.9 Å². The Kier molecular flexibility index (Phi) is 6.36. The van der Waals surface area contributed by atoms with Crippen LogP contribution in [-0.2, 0) is 20.8 Å². The van der Waals surface area contributed by atoms with Gasteiger partial charge in [0, 0.05) is 24.6 Å². The molecule has 1 aliphatic heterocycles. The third kappa shape index (κ3) is 4.80. The number of nitrogens with zero attached hydrogens (tertiary/aromatic N) is 2. The molecule has 2 amide bonds. The molecule has 0 aromatic heterocycles. The largest absolute Gasteiger partial charge is 0.481 e. The van der Waals surface area contributed by atoms with E-state index in [0.717, 1.165) is 10.0 Å². The number of carboxylic acids is 1. The number of likely N-dealkylation sites (N-methyl/N-ethyl adjacent to an activating group) is 1. The van der Waals surface area contributed by atoms with Crippen LogP contribution in [0.2, 0.25) is 0 Å². The Morgan fingerprint density at radius 1 is 1.25 bits per heavy atom. The monoisotopic (exact) mass is 396 g/mol. The van der Waals surface area contributed by atoms with Crippen LogP contribution >= 0.6 is 15.9 Å². The van der Waals surface area contributed by atoms with Crippen molar-refractivity contribution in [2.75, 3.05) is 26.7 Å². The smallest absolute Gasteiger partial charge is 0.306 e. The lowest BCUT2D eigenvalue weighted by Gasteiger charge is -2.31. The molecule has 0 radical (unpaired) electrons. The van der Waals surface area contributed by atoms with Gasteiger partial charge in [-0.2, -0.15) is 0 Å². The minimum atomic E-state index is -0.803. The van der Waals surface area contributed by atoms with Gasteiger partial charge in [-0.3, -0.25) is 14.4 Å². The van der Waals surface area contributed by atoms with Gasteiger partial charge in [-0.25, -0.2) is 0 Å². The van der Waals surface area contributed by atoms with Crippen LogP contribution in [0.1, 0.15) is 18.4 Å². The van der Waals surface area contributed by atoms with Gasteiger partial charge in [-0.15, -0.1) is 0 Å². The van der Waals surface area contributed by atoms with Gasteiger partial charge >= 0.3 is 5.97 Å². The van der Waals surface area contributed by atoms with Crippen LogP contribution in [0, 0.1) is 5.92 Å². The van der Waals surface area contributed by atoms with Crippen molar-refractivity contribution < 1.29 is 19.5 Å². The highest BCUT2D eigenvalue weighted by Gasteiger charge is 2.27. The molecule has 1 heterocycles. The third-order valence-corrected chi connectivity index (χ3v) is 5.07. The van der Waals surface area contributed by atoms with E-state index in [1.807, 2.05) is 24.3 Å². The topological polar surface area (TPSA) is 77.9 Å². The molecule has 24 heavy (non-hydrogen) atoms. The van der Waals surface area contributed by atoms with Crippen LogP contribution in [-0.4, -0.2) is 59.4 Å². The van der Waals surface area contributed by atoms with Crippen LogP contribution < -0.4 is 0 Å². The number of hydrogen-bond donors (Lipinski definition) is 1. The van der Waals surface area contributed by atoms with E-state index in [2.05, 4.69) is 15.9 Å². The Morgan fingerprint density at radius 2 is 1.88 bits per heavy atom. The van der Waals surface area contributed by atoms with Crippen molar-refractivity contribution in [3.05, 3.63) is 34.3 Å². The lowest BCUT2D eigenvalue weighted by Crippen LogP contribution is -2.45. The van der Waals surface area contributed by atoms with Crippen LogP contribution in [0.4, 0.5) is 0 Å². The highest BCUT2D eigenvalue weighted by atomic mass is 79.9. The van der Waals surface area contributed by atoms with E-state index in [9.17, 15) is 14.4 Å². The summed E-state index contributed by atoms with van der Waals surface area (Å²) in [6.45, 7) is 0.880. The van der Waals surface area contributed by atoms with Crippen LogP contribution in [0.5, 0.6) is 0 Å². The molecular weight excluding hydrogens is 376 g/mol. The number of likely N-dealkylation sites (tertiary alicyclic amines) is 1. The molecule has 1 saturated heterocycles. The summed E-state index contributed by atoms with van der Waals surface area (Å²) in [5.41, 5.74) is 0.879. The van der Waals surface area contributed by atoms with Gasteiger partial charge in [0.2, 0.25) is 11.8 Å². The summed E-state index contributed by atoms with van der Waals surface area (Å²) in [6, 6.07) is 7.49. The predicted octanol–water partition coefficient (Wildman–Crippen LogP) is 1.77. The third-order valence-electron chi connectivity index (χ3n) is 4.29. The van der Waals surface area contributed by atoms with Gasteiger partial charge in [-0.1, -0.05) is 34.1 Å². The molecule has 1 fully saturated rings. The van der Waals surface area contributed by atoms with E-state index in [1.54, 1.807) is 11.9 Å². The van der Waals surface area contributed by atoms with Crippen molar-refractivity contribution >= 4 is 33.7 Å². The van der Waals surface area contributed by atoms with E-state index in [4.69, 9.17) is 5.11 Å². The van der Waals surface area contributed by atoms with Gasteiger partial charge in [-0.05, 0) is 24.5 Å². The molecule has 2 rings (SSSR count).